The summed E-state index contributed by atoms with van der Waals surface area (Å²) in [5, 5.41) is 2.90. The number of aromatic nitrogens is 1. The predicted octanol–water partition coefficient (Wildman–Crippen LogP) is 3.80. The molecule has 1 saturated heterocycles. The quantitative estimate of drug-likeness (QED) is 0.908. The van der Waals surface area contributed by atoms with E-state index in [0.29, 0.717) is 11.4 Å². The molecule has 1 atom stereocenters. The summed E-state index contributed by atoms with van der Waals surface area (Å²) in [4.78, 5) is 18.5. The fraction of sp³-hybridized carbons (Fsp3) is 0.333. The highest BCUT2D eigenvalue weighted by atomic mass is 19.1. The van der Waals surface area contributed by atoms with Crippen molar-refractivity contribution in [2.45, 2.75) is 18.9 Å². The highest BCUT2D eigenvalue weighted by Crippen LogP contribution is 2.32. The second kappa shape index (κ2) is 7.77. The number of hydrogen-bond acceptors (Lipinski definition) is 3. The zero-order valence-electron chi connectivity index (χ0n) is 13.3. The third-order valence-electron chi connectivity index (χ3n) is 4.04. The van der Waals surface area contributed by atoms with Crippen LogP contribution in [0.15, 0.2) is 48.8 Å². The average molecular weight is 329 g/mol. The van der Waals surface area contributed by atoms with Crippen LogP contribution in [0.3, 0.4) is 0 Å². The van der Waals surface area contributed by atoms with Crippen molar-refractivity contribution in [1.82, 2.24) is 9.88 Å². The van der Waals surface area contributed by atoms with Gasteiger partial charge in [0.25, 0.3) is 0 Å². The number of benzene rings is 1. The number of carbonyl (C=O) groups is 1. The van der Waals surface area contributed by atoms with Gasteiger partial charge in [-0.2, -0.15) is 0 Å². The molecule has 0 radical (unpaired) electrons. The Hall–Kier alpha value is -2.63. The molecule has 1 aromatic heterocycles. The van der Waals surface area contributed by atoms with Crippen LogP contribution in [0.5, 0.6) is 5.75 Å². The van der Waals surface area contributed by atoms with Crippen molar-refractivity contribution < 1.29 is 13.9 Å². The molecule has 2 heterocycles. The zero-order chi connectivity index (χ0) is 16.8. The van der Waals surface area contributed by atoms with Gasteiger partial charge < -0.3 is 15.0 Å². The maximum Gasteiger partial charge on any atom is 0.322 e. The number of hydrogen-bond donors (Lipinski definition) is 1. The van der Waals surface area contributed by atoms with E-state index in [1.54, 1.807) is 36.7 Å². The molecule has 0 saturated carbocycles. The maximum absolute atomic E-state index is 12.6. The third-order valence-corrected chi connectivity index (χ3v) is 4.04. The summed E-state index contributed by atoms with van der Waals surface area (Å²) in [6.45, 7) is 0.183. The van der Waals surface area contributed by atoms with Crippen LogP contribution in [0.1, 0.15) is 24.4 Å². The van der Waals surface area contributed by atoms with Crippen molar-refractivity contribution in [2.24, 2.45) is 0 Å². The van der Waals surface area contributed by atoms with E-state index in [2.05, 4.69) is 10.3 Å². The van der Waals surface area contributed by atoms with Gasteiger partial charge in [-0.15, -0.1) is 0 Å². The molecular formula is C18H20FN3O2. The molecule has 1 fully saturated rings. The monoisotopic (exact) mass is 329 g/mol. The number of urea groups is 1. The number of anilines is 1. The number of alkyl halides is 1. The van der Waals surface area contributed by atoms with Crippen LogP contribution < -0.4 is 10.1 Å². The van der Waals surface area contributed by atoms with E-state index in [-0.39, 0.29) is 18.7 Å². The van der Waals surface area contributed by atoms with Crippen molar-refractivity contribution in [3.63, 3.8) is 0 Å². The molecular weight excluding hydrogens is 309 g/mol. The lowest BCUT2D eigenvalue weighted by molar-refractivity contribution is 0.207. The number of carbonyl (C=O) groups excluding carboxylic acids is 1. The minimum absolute atomic E-state index is 0.00758. The lowest BCUT2D eigenvalue weighted by Crippen LogP contribution is -2.34. The van der Waals surface area contributed by atoms with Gasteiger partial charge in [0.1, 0.15) is 19.0 Å². The van der Waals surface area contributed by atoms with E-state index in [1.165, 1.54) is 0 Å². The molecule has 126 valence electrons. The van der Waals surface area contributed by atoms with Gasteiger partial charge in [0.05, 0.1) is 6.04 Å². The molecule has 0 spiro atoms. The zero-order valence-corrected chi connectivity index (χ0v) is 13.3. The van der Waals surface area contributed by atoms with Gasteiger partial charge >= 0.3 is 6.03 Å². The van der Waals surface area contributed by atoms with Gasteiger partial charge in [-0.3, -0.25) is 4.98 Å². The van der Waals surface area contributed by atoms with Crippen molar-refractivity contribution in [3.05, 3.63) is 54.4 Å². The van der Waals surface area contributed by atoms with E-state index in [0.717, 1.165) is 24.9 Å². The summed E-state index contributed by atoms with van der Waals surface area (Å²) in [5.41, 5.74) is 1.73. The summed E-state index contributed by atoms with van der Waals surface area (Å²) >= 11 is 0. The number of pyridine rings is 1. The molecule has 6 heteroatoms. The first-order valence-electron chi connectivity index (χ1n) is 8.04. The number of amides is 2. The Balaban J connectivity index is 1.68. The molecule has 1 N–H and O–H groups in total. The van der Waals surface area contributed by atoms with E-state index >= 15 is 0 Å². The average Bonchev–Trinajstić information content (AvgIpc) is 3.11. The van der Waals surface area contributed by atoms with Gasteiger partial charge in [0.15, 0.2) is 0 Å². The standard InChI is InChI=1S/C18H20FN3O2/c19-8-12-24-16-4-1-3-15(13-16)21-18(23)22-11-2-5-17(22)14-6-9-20-10-7-14/h1,3-4,6-7,9-10,13,17H,2,5,8,11-12H2,(H,21,23)/t17-/m0/s1. The van der Waals surface area contributed by atoms with Crippen LogP contribution in [0.2, 0.25) is 0 Å². The third kappa shape index (κ3) is 3.82. The first kappa shape index (κ1) is 16.2. The summed E-state index contributed by atoms with van der Waals surface area (Å²) in [7, 11) is 0. The summed E-state index contributed by atoms with van der Waals surface area (Å²) < 4.78 is 17.4. The minimum Gasteiger partial charge on any atom is -0.491 e. The fourth-order valence-electron chi connectivity index (χ4n) is 2.96. The SMILES string of the molecule is O=C(Nc1cccc(OCCF)c1)N1CCC[C@H]1c1ccncc1. The molecule has 2 amide bonds. The van der Waals surface area contributed by atoms with Gasteiger partial charge in [-0.05, 0) is 42.7 Å². The van der Waals surface area contributed by atoms with Crippen LogP contribution in [0, 0.1) is 0 Å². The summed E-state index contributed by atoms with van der Waals surface area (Å²) in [6.07, 6.45) is 5.40. The number of nitrogens with one attached hydrogen (secondary N) is 1. The van der Waals surface area contributed by atoms with Crippen molar-refractivity contribution >= 4 is 11.7 Å². The van der Waals surface area contributed by atoms with Gasteiger partial charge in [-0.1, -0.05) is 6.07 Å². The number of ether oxygens (including phenoxy) is 1. The Morgan fingerprint density at radius 1 is 1.33 bits per heavy atom. The Morgan fingerprint density at radius 3 is 2.96 bits per heavy atom. The number of rotatable bonds is 5. The molecule has 24 heavy (non-hydrogen) atoms. The van der Waals surface area contributed by atoms with Crippen molar-refractivity contribution in [2.75, 3.05) is 25.1 Å². The van der Waals surface area contributed by atoms with Crippen LogP contribution >= 0.6 is 0 Å². The summed E-state index contributed by atoms with van der Waals surface area (Å²) in [5.74, 6) is 0.539. The molecule has 0 bridgehead atoms. The smallest absolute Gasteiger partial charge is 0.322 e. The molecule has 2 aromatic rings. The van der Waals surface area contributed by atoms with E-state index in [9.17, 15) is 9.18 Å². The second-order valence-corrected chi connectivity index (χ2v) is 5.63. The topological polar surface area (TPSA) is 54.5 Å². The molecule has 3 rings (SSSR count). The molecule has 1 aliphatic heterocycles. The van der Waals surface area contributed by atoms with Gasteiger partial charge in [0.2, 0.25) is 0 Å². The number of likely N-dealkylation sites (tertiary alicyclic amines) is 1. The first-order valence-corrected chi connectivity index (χ1v) is 8.04. The predicted molar refractivity (Wildman–Crippen MR) is 89.8 cm³/mol. The van der Waals surface area contributed by atoms with E-state index in [4.69, 9.17) is 4.74 Å². The van der Waals surface area contributed by atoms with Crippen LogP contribution in [0.4, 0.5) is 14.9 Å². The fourth-order valence-corrected chi connectivity index (χ4v) is 2.96. The van der Waals surface area contributed by atoms with Crippen molar-refractivity contribution in [1.29, 1.82) is 0 Å². The molecule has 1 aliphatic rings. The molecule has 0 unspecified atom stereocenters. The Kier molecular flexibility index (Phi) is 5.25. The van der Waals surface area contributed by atoms with Gasteiger partial charge in [-0.25, -0.2) is 9.18 Å². The largest absolute Gasteiger partial charge is 0.491 e. The number of nitrogens with zero attached hydrogens (tertiary/aromatic N) is 2. The van der Waals surface area contributed by atoms with Crippen LogP contribution in [0.25, 0.3) is 0 Å². The lowest BCUT2D eigenvalue weighted by Gasteiger charge is -2.25. The Labute approximate surface area is 140 Å². The minimum atomic E-state index is -0.544. The normalized spacial score (nSPS) is 16.9. The number of halogens is 1. The Bertz CT molecular complexity index is 681. The van der Waals surface area contributed by atoms with E-state index in [1.807, 2.05) is 17.0 Å². The van der Waals surface area contributed by atoms with Crippen LogP contribution in [-0.4, -0.2) is 35.7 Å². The highest BCUT2D eigenvalue weighted by Gasteiger charge is 2.29. The molecule has 1 aromatic carbocycles. The second-order valence-electron chi connectivity index (χ2n) is 5.63. The highest BCUT2D eigenvalue weighted by molar-refractivity contribution is 5.90. The Morgan fingerprint density at radius 2 is 2.17 bits per heavy atom. The molecule has 5 nitrogen and oxygen atoms in total. The van der Waals surface area contributed by atoms with Crippen LogP contribution in [-0.2, 0) is 0 Å². The van der Waals surface area contributed by atoms with E-state index < -0.39 is 6.67 Å². The summed E-state index contributed by atoms with van der Waals surface area (Å²) in [6, 6.07) is 10.8. The lowest BCUT2D eigenvalue weighted by atomic mass is 10.1. The van der Waals surface area contributed by atoms with Gasteiger partial charge in [0, 0.05) is 30.7 Å². The van der Waals surface area contributed by atoms with Crippen molar-refractivity contribution in [3.8, 4) is 5.75 Å². The first-order chi connectivity index (χ1) is 11.8. The maximum atomic E-state index is 12.6. The molecule has 0 aliphatic carbocycles.